The van der Waals surface area contributed by atoms with Gasteiger partial charge in [-0.15, -0.1) is 0 Å². The Balaban J connectivity index is 1.51. The van der Waals surface area contributed by atoms with Crippen LogP contribution in [0.25, 0.3) is 5.65 Å². The lowest BCUT2D eigenvalue weighted by atomic mass is 9.95. The van der Waals surface area contributed by atoms with Crippen LogP contribution < -0.4 is 5.56 Å². The summed E-state index contributed by atoms with van der Waals surface area (Å²) in [7, 11) is 0. The number of rotatable bonds is 5. The van der Waals surface area contributed by atoms with Gasteiger partial charge < -0.3 is 10.2 Å². The van der Waals surface area contributed by atoms with E-state index >= 15 is 0 Å². The Bertz CT molecular complexity index is 996. The maximum atomic E-state index is 12.3. The molecule has 0 aromatic carbocycles. The van der Waals surface area contributed by atoms with Gasteiger partial charge in [-0.1, -0.05) is 0 Å². The van der Waals surface area contributed by atoms with Crippen LogP contribution in [0.3, 0.4) is 0 Å². The van der Waals surface area contributed by atoms with E-state index in [0.29, 0.717) is 24.7 Å². The maximum Gasteiger partial charge on any atom is 0.258 e. The lowest BCUT2D eigenvalue weighted by Crippen LogP contribution is -2.34. The van der Waals surface area contributed by atoms with E-state index in [9.17, 15) is 9.90 Å². The van der Waals surface area contributed by atoms with E-state index in [1.54, 1.807) is 16.9 Å². The Hall–Kier alpha value is -2.71. The van der Waals surface area contributed by atoms with Gasteiger partial charge in [0.15, 0.2) is 11.4 Å². The first-order chi connectivity index (χ1) is 13.1. The minimum Gasteiger partial charge on any atom is -0.504 e. The number of likely N-dealkylation sites (tertiary alicyclic amines) is 1. The highest BCUT2D eigenvalue weighted by atomic mass is 16.3. The van der Waals surface area contributed by atoms with Crippen molar-refractivity contribution in [2.45, 2.75) is 31.8 Å². The van der Waals surface area contributed by atoms with E-state index in [2.05, 4.69) is 15.0 Å². The minimum absolute atomic E-state index is 0.00222. The minimum atomic E-state index is -0.192. The summed E-state index contributed by atoms with van der Waals surface area (Å²) >= 11 is 0. The Morgan fingerprint density at radius 1 is 1.26 bits per heavy atom. The number of piperidine rings is 1. The standard InChI is InChI=1S/C19H23N5O3/c25-10-9-23-8-5-16(21-23)14-3-1-6-22(12-14)13-15-11-18(27)24-7-2-4-17(26)19(24)20-15/h2,4-5,7-8,11,14,25-26H,1,3,6,9-10,12-13H2/t14-/m1/s1. The van der Waals surface area contributed by atoms with Crippen LogP contribution in [0.1, 0.15) is 30.1 Å². The highest BCUT2D eigenvalue weighted by Gasteiger charge is 2.23. The third-order valence-corrected chi connectivity index (χ3v) is 5.02. The van der Waals surface area contributed by atoms with Crippen molar-refractivity contribution < 1.29 is 10.2 Å². The summed E-state index contributed by atoms with van der Waals surface area (Å²) in [5, 5.41) is 23.6. The average molecular weight is 369 g/mol. The molecule has 4 heterocycles. The van der Waals surface area contributed by atoms with Gasteiger partial charge in [0.2, 0.25) is 0 Å². The van der Waals surface area contributed by atoms with Gasteiger partial charge in [-0.2, -0.15) is 5.10 Å². The molecule has 1 aliphatic rings. The van der Waals surface area contributed by atoms with Crippen molar-refractivity contribution in [2.24, 2.45) is 0 Å². The highest BCUT2D eigenvalue weighted by molar-refractivity contribution is 5.52. The number of aromatic hydroxyl groups is 1. The summed E-state index contributed by atoms with van der Waals surface area (Å²) in [6, 6.07) is 6.70. The molecule has 3 aromatic rings. The van der Waals surface area contributed by atoms with Crippen LogP contribution in [0.4, 0.5) is 0 Å². The molecular weight excluding hydrogens is 346 g/mol. The van der Waals surface area contributed by atoms with Crippen LogP contribution in [0.15, 0.2) is 41.5 Å². The molecule has 3 aromatic heterocycles. The fourth-order valence-electron chi connectivity index (χ4n) is 3.73. The summed E-state index contributed by atoms with van der Waals surface area (Å²) < 4.78 is 3.12. The zero-order valence-electron chi connectivity index (χ0n) is 15.0. The number of fused-ring (bicyclic) bond motifs is 1. The molecule has 8 heteroatoms. The fraction of sp³-hybridized carbons (Fsp3) is 0.421. The topological polar surface area (TPSA) is 95.9 Å². The van der Waals surface area contributed by atoms with Crippen molar-refractivity contribution in [1.29, 1.82) is 0 Å². The summed E-state index contributed by atoms with van der Waals surface area (Å²) in [6.45, 7) is 2.93. The zero-order chi connectivity index (χ0) is 18.8. The van der Waals surface area contributed by atoms with Gasteiger partial charge in [0.1, 0.15) is 0 Å². The van der Waals surface area contributed by atoms with Gasteiger partial charge in [0, 0.05) is 37.5 Å². The van der Waals surface area contributed by atoms with E-state index in [-0.39, 0.29) is 23.6 Å². The number of hydrogen-bond donors (Lipinski definition) is 2. The second-order valence-corrected chi connectivity index (χ2v) is 6.97. The fourth-order valence-corrected chi connectivity index (χ4v) is 3.73. The molecule has 0 spiro atoms. The summed E-state index contributed by atoms with van der Waals surface area (Å²) in [4.78, 5) is 19.1. The molecule has 27 heavy (non-hydrogen) atoms. The zero-order valence-corrected chi connectivity index (χ0v) is 15.0. The molecule has 142 valence electrons. The van der Waals surface area contributed by atoms with E-state index in [1.807, 2.05) is 12.3 Å². The second-order valence-electron chi connectivity index (χ2n) is 6.97. The van der Waals surface area contributed by atoms with Crippen LogP contribution >= 0.6 is 0 Å². The number of aliphatic hydroxyl groups excluding tert-OH is 1. The van der Waals surface area contributed by atoms with E-state index in [4.69, 9.17) is 5.11 Å². The molecule has 0 bridgehead atoms. The molecule has 0 amide bonds. The summed E-state index contributed by atoms with van der Waals surface area (Å²) in [5.74, 6) is 0.330. The average Bonchev–Trinajstić information content (AvgIpc) is 3.12. The third kappa shape index (κ3) is 3.72. The third-order valence-electron chi connectivity index (χ3n) is 5.02. The van der Waals surface area contributed by atoms with Gasteiger partial charge in [-0.05, 0) is 37.6 Å². The lowest BCUT2D eigenvalue weighted by Gasteiger charge is -2.31. The quantitative estimate of drug-likeness (QED) is 0.696. The van der Waals surface area contributed by atoms with E-state index in [0.717, 1.165) is 31.6 Å². The Morgan fingerprint density at radius 3 is 3.00 bits per heavy atom. The van der Waals surface area contributed by atoms with E-state index < -0.39 is 0 Å². The van der Waals surface area contributed by atoms with E-state index in [1.165, 1.54) is 16.5 Å². The first-order valence-electron chi connectivity index (χ1n) is 9.21. The van der Waals surface area contributed by atoms with Crippen LogP contribution in [0.5, 0.6) is 5.75 Å². The monoisotopic (exact) mass is 369 g/mol. The van der Waals surface area contributed by atoms with Crippen LogP contribution in [0, 0.1) is 0 Å². The molecule has 0 aliphatic carbocycles. The Morgan fingerprint density at radius 2 is 2.15 bits per heavy atom. The summed E-state index contributed by atoms with van der Waals surface area (Å²) in [6.07, 6.45) is 5.63. The first-order valence-corrected chi connectivity index (χ1v) is 9.21. The van der Waals surface area contributed by atoms with Crippen LogP contribution in [0.2, 0.25) is 0 Å². The first kappa shape index (κ1) is 17.7. The second kappa shape index (κ2) is 7.50. The molecule has 1 atom stereocenters. The highest BCUT2D eigenvalue weighted by Crippen LogP contribution is 2.26. The molecule has 1 saturated heterocycles. The number of hydrogen-bond acceptors (Lipinski definition) is 6. The molecule has 1 aliphatic heterocycles. The SMILES string of the molecule is O=c1cc(CN2CCC[C@@H](c3ccn(CCO)n3)C2)nc2c(O)cccn12. The number of nitrogens with zero attached hydrogens (tertiary/aromatic N) is 5. The smallest absolute Gasteiger partial charge is 0.258 e. The number of aromatic nitrogens is 4. The number of pyridine rings is 1. The van der Waals surface area contributed by atoms with Crippen molar-refractivity contribution in [2.75, 3.05) is 19.7 Å². The molecule has 0 saturated carbocycles. The molecule has 2 N–H and O–H groups in total. The Kier molecular flexibility index (Phi) is 4.91. The van der Waals surface area contributed by atoms with Crippen molar-refractivity contribution in [3.8, 4) is 5.75 Å². The maximum absolute atomic E-state index is 12.3. The van der Waals surface area contributed by atoms with Gasteiger partial charge in [-0.3, -0.25) is 18.8 Å². The van der Waals surface area contributed by atoms with Gasteiger partial charge in [0.25, 0.3) is 5.56 Å². The number of aliphatic hydroxyl groups is 1. The Labute approximate surface area is 156 Å². The van der Waals surface area contributed by atoms with Crippen molar-refractivity contribution >= 4 is 5.65 Å². The predicted molar refractivity (Wildman–Crippen MR) is 99.7 cm³/mol. The molecule has 8 nitrogen and oxygen atoms in total. The van der Waals surface area contributed by atoms with Crippen molar-refractivity contribution in [3.63, 3.8) is 0 Å². The van der Waals surface area contributed by atoms with Crippen molar-refractivity contribution in [1.82, 2.24) is 24.1 Å². The lowest BCUT2D eigenvalue weighted by molar-refractivity contribution is 0.195. The van der Waals surface area contributed by atoms with Gasteiger partial charge in [-0.25, -0.2) is 4.98 Å². The normalized spacial score (nSPS) is 18.2. The summed E-state index contributed by atoms with van der Waals surface area (Å²) in [5.41, 5.74) is 1.80. The molecule has 4 rings (SSSR count). The van der Waals surface area contributed by atoms with Gasteiger partial charge in [0.05, 0.1) is 24.5 Å². The molecule has 0 radical (unpaired) electrons. The van der Waals surface area contributed by atoms with Crippen LogP contribution in [-0.2, 0) is 13.1 Å². The van der Waals surface area contributed by atoms with Crippen LogP contribution in [-0.4, -0.2) is 54.0 Å². The molecular formula is C19H23N5O3. The molecule has 1 fully saturated rings. The predicted octanol–water partition coefficient (Wildman–Crippen LogP) is 0.968. The van der Waals surface area contributed by atoms with Gasteiger partial charge >= 0.3 is 0 Å². The molecule has 0 unspecified atom stereocenters. The largest absolute Gasteiger partial charge is 0.504 e. The van der Waals surface area contributed by atoms with Crippen molar-refractivity contribution in [3.05, 3.63) is 58.4 Å².